The van der Waals surface area contributed by atoms with Gasteiger partial charge >= 0.3 is 0 Å². The van der Waals surface area contributed by atoms with Gasteiger partial charge in [-0.05, 0) is 18.6 Å². The molecule has 4 rings (SSSR count). The summed E-state index contributed by atoms with van der Waals surface area (Å²) >= 11 is 0. The molecule has 1 amide bonds. The van der Waals surface area contributed by atoms with Crippen molar-refractivity contribution < 1.29 is 4.79 Å². The maximum absolute atomic E-state index is 12.6. The van der Waals surface area contributed by atoms with E-state index in [1.807, 2.05) is 49.7 Å². The lowest BCUT2D eigenvalue weighted by molar-refractivity contribution is -0.127. The van der Waals surface area contributed by atoms with E-state index >= 15 is 0 Å². The minimum absolute atomic E-state index is 0.0159. The predicted molar refractivity (Wildman–Crippen MR) is 97.8 cm³/mol. The van der Waals surface area contributed by atoms with Gasteiger partial charge in [0.15, 0.2) is 11.6 Å². The Labute approximate surface area is 151 Å². The molecule has 0 fully saturated rings. The topological polar surface area (TPSA) is 68.8 Å². The summed E-state index contributed by atoms with van der Waals surface area (Å²) in [5, 5.41) is 12.8. The Bertz CT molecular complexity index is 956. The molecule has 1 aliphatic heterocycles. The molecule has 0 spiro atoms. The minimum Gasteiger partial charge on any atom is -0.330 e. The van der Waals surface area contributed by atoms with Crippen molar-refractivity contribution in [3.63, 3.8) is 0 Å². The molecule has 1 aromatic carbocycles. The lowest BCUT2D eigenvalue weighted by atomic mass is 10.2. The standard InChI is InChI=1S/C19H20N6O/c1-14-11-24(18(26)9-8-15-6-4-3-5-7-15)13-17-21-22-19(25(14)17)16-10-20-23(2)12-16/h3-10,12,14H,11,13H2,1-2H3/b9-8+/t14-/m0/s1. The number of hydrogen-bond donors (Lipinski definition) is 0. The van der Waals surface area contributed by atoms with E-state index in [9.17, 15) is 4.79 Å². The maximum Gasteiger partial charge on any atom is 0.247 e. The number of rotatable bonds is 3. The number of amides is 1. The van der Waals surface area contributed by atoms with Gasteiger partial charge in [0.2, 0.25) is 5.91 Å². The van der Waals surface area contributed by atoms with Crippen molar-refractivity contribution >= 4 is 12.0 Å². The Morgan fingerprint density at radius 1 is 1.23 bits per heavy atom. The molecular formula is C19H20N6O. The van der Waals surface area contributed by atoms with Crippen molar-refractivity contribution in [1.29, 1.82) is 0 Å². The van der Waals surface area contributed by atoms with Gasteiger partial charge in [0.25, 0.3) is 0 Å². The Morgan fingerprint density at radius 2 is 2.04 bits per heavy atom. The fourth-order valence-corrected chi connectivity index (χ4v) is 3.27. The molecule has 132 valence electrons. The lowest BCUT2D eigenvalue weighted by Crippen LogP contribution is -2.39. The Balaban J connectivity index is 1.54. The molecule has 0 saturated heterocycles. The normalized spacial score (nSPS) is 16.8. The number of nitrogens with zero attached hydrogens (tertiary/aromatic N) is 6. The van der Waals surface area contributed by atoms with Crippen LogP contribution in [-0.4, -0.2) is 41.9 Å². The number of benzene rings is 1. The molecule has 7 heteroatoms. The highest BCUT2D eigenvalue weighted by molar-refractivity contribution is 5.91. The van der Waals surface area contributed by atoms with Crippen molar-refractivity contribution in [3.05, 3.63) is 60.2 Å². The van der Waals surface area contributed by atoms with Crippen LogP contribution in [0.2, 0.25) is 0 Å². The number of carbonyl (C=O) groups excluding carboxylic acids is 1. The van der Waals surface area contributed by atoms with E-state index in [0.717, 1.165) is 22.8 Å². The molecule has 3 heterocycles. The van der Waals surface area contributed by atoms with Crippen LogP contribution in [0.5, 0.6) is 0 Å². The van der Waals surface area contributed by atoms with Gasteiger partial charge in [-0.2, -0.15) is 5.10 Å². The summed E-state index contributed by atoms with van der Waals surface area (Å²) in [5.74, 6) is 1.58. The van der Waals surface area contributed by atoms with Gasteiger partial charge in [-0.15, -0.1) is 10.2 Å². The first kappa shape index (κ1) is 16.3. The molecular weight excluding hydrogens is 328 g/mol. The van der Waals surface area contributed by atoms with Crippen molar-refractivity contribution in [2.24, 2.45) is 7.05 Å². The van der Waals surface area contributed by atoms with Gasteiger partial charge in [-0.1, -0.05) is 30.3 Å². The van der Waals surface area contributed by atoms with E-state index in [-0.39, 0.29) is 11.9 Å². The van der Waals surface area contributed by atoms with Crippen molar-refractivity contribution in [2.45, 2.75) is 19.5 Å². The van der Waals surface area contributed by atoms with Crippen LogP contribution in [0.1, 0.15) is 24.4 Å². The molecule has 0 radical (unpaired) electrons. The van der Waals surface area contributed by atoms with Crippen LogP contribution in [0.15, 0.2) is 48.8 Å². The quantitative estimate of drug-likeness (QED) is 0.681. The lowest BCUT2D eigenvalue weighted by Gasteiger charge is -2.31. The first-order valence-corrected chi connectivity index (χ1v) is 8.56. The van der Waals surface area contributed by atoms with Crippen LogP contribution in [0.25, 0.3) is 17.5 Å². The Morgan fingerprint density at radius 3 is 2.77 bits per heavy atom. The van der Waals surface area contributed by atoms with Crippen molar-refractivity contribution in [1.82, 2.24) is 29.4 Å². The molecule has 0 N–H and O–H groups in total. The highest BCUT2D eigenvalue weighted by Gasteiger charge is 2.29. The van der Waals surface area contributed by atoms with Gasteiger partial charge < -0.3 is 9.47 Å². The molecule has 3 aromatic rings. The van der Waals surface area contributed by atoms with Crippen molar-refractivity contribution in [2.75, 3.05) is 6.54 Å². The fourth-order valence-electron chi connectivity index (χ4n) is 3.27. The molecule has 2 aromatic heterocycles. The molecule has 0 bridgehead atoms. The molecule has 26 heavy (non-hydrogen) atoms. The highest BCUT2D eigenvalue weighted by atomic mass is 16.2. The third-order valence-electron chi connectivity index (χ3n) is 4.52. The second-order valence-corrected chi connectivity index (χ2v) is 6.52. The summed E-state index contributed by atoms with van der Waals surface area (Å²) in [6, 6.07) is 9.90. The summed E-state index contributed by atoms with van der Waals surface area (Å²) in [6.45, 7) is 3.15. The van der Waals surface area contributed by atoms with Crippen molar-refractivity contribution in [3.8, 4) is 11.4 Å². The van der Waals surface area contributed by atoms with Crippen LogP contribution in [0.3, 0.4) is 0 Å². The van der Waals surface area contributed by atoms with E-state index in [0.29, 0.717) is 13.1 Å². The SMILES string of the molecule is C[C@H]1CN(C(=O)/C=C/c2ccccc2)Cc2nnc(-c3cnn(C)c3)n21. The number of aryl methyl sites for hydroxylation is 1. The van der Waals surface area contributed by atoms with Crippen LogP contribution < -0.4 is 0 Å². The van der Waals surface area contributed by atoms with Gasteiger partial charge in [0.05, 0.1) is 24.3 Å². The monoisotopic (exact) mass is 348 g/mol. The van der Waals surface area contributed by atoms with Gasteiger partial charge in [-0.3, -0.25) is 9.48 Å². The average molecular weight is 348 g/mol. The predicted octanol–water partition coefficient (Wildman–Crippen LogP) is 2.30. The number of fused-ring (bicyclic) bond motifs is 1. The fraction of sp³-hybridized carbons (Fsp3) is 0.263. The van der Waals surface area contributed by atoms with Crippen LogP contribution in [-0.2, 0) is 18.4 Å². The zero-order chi connectivity index (χ0) is 18.1. The van der Waals surface area contributed by atoms with Gasteiger partial charge in [0.1, 0.15) is 0 Å². The second-order valence-electron chi connectivity index (χ2n) is 6.52. The van der Waals surface area contributed by atoms with Crippen LogP contribution in [0.4, 0.5) is 0 Å². The number of carbonyl (C=O) groups is 1. The zero-order valence-electron chi connectivity index (χ0n) is 14.8. The highest BCUT2D eigenvalue weighted by Crippen LogP contribution is 2.27. The van der Waals surface area contributed by atoms with E-state index in [2.05, 4.69) is 26.8 Å². The summed E-state index contributed by atoms with van der Waals surface area (Å²) in [7, 11) is 1.87. The first-order chi connectivity index (χ1) is 12.6. The summed E-state index contributed by atoms with van der Waals surface area (Å²) < 4.78 is 3.84. The third-order valence-corrected chi connectivity index (χ3v) is 4.52. The van der Waals surface area contributed by atoms with Gasteiger partial charge in [-0.25, -0.2) is 0 Å². The first-order valence-electron chi connectivity index (χ1n) is 8.56. The molecule has 1 aliphatic rings. The maximum atomic E-state index is 12.6. The summed E-state index contributed by atoms with van der Waals surface area (Å²) in [5.41, 5.74) is 1.94. The third kappa shape index (κ3) is 3.03. The largest absolute Gasteiger partial charge is 0.330 e. The van der Waals surface area contributed by atoms with Gasteiger partial charge in [0, 0.05) is 25.9 Å². The minimum atomic E-state index is -0.0159. The smallest absolute Gasteiger partial charge is 0.247 e. The Kier molecular flexibility index (Phi) is 4.12. The zero-order valence-corrected chi connectivity index (χ0v) is 14.8. The van der Waals surface area contributed by atoms with E-state index in [1.54, 1.807) is 21.9 Å². The number of hydrogen-bond acceptors (Lipinski definition) is 4. The van der Waals surface area contributed by atoms with Crippen LogP contribution >= 0.6 is 0 Å². The molecule has 0 aliphatic carbocycles. The second kappa shape index (κ2) is 6.59. The molecule has 0 unspecified atom stereocenters. The van der Waals surface area contributed by atoms with E-state index in [1.165, 1.54) is 0 Å². The molecule has 0 saturated carbocycles. The van der Waals surface area contributed by atoms with E-state index < -0.39 is 0 Å². The average Bonchev–Trinajstić information content (AvgIpc) is 3.26. The number of aromatic nitrogens is 5. The molecule has 7 nitrogen and oxygen atoms in total. The molecule has 1 atom stereocenters. The summed E-state index contributed by atoms with van der Waals surface area (Å²) in [4.78, 5) is 14.4. The summed E-state index contributed by atoms with van der Waals surface area (Å²) in [6.07, 6.45) is 7.16. The Hall–Kier alpha value is -3.22. The van der Waals surface area contributed by atoms with E-state index in [4.69, 9.17) is 0 Å². The van der Waals surface area contributed by atoms with Crippen LogP contribution in [0, 0.1) is 0 Å².